The average Bonchev–Trinajstić information content (AvgIpc) is 3.10. The van der Waals surface area contributed by atoms with Crippen LogP contribution in [0.5, 0.6) is 0 Å². The monoisotopic (exact) mass is 252 g/mol. The molecule has 102 valence electrons. The Morgan fingerprint density at radius 1 is 1.50 bits per heavy atom. The summed E-state index contributed by atoms with van der Waals surface area (Å²) in [4.78, 5) is 2.21. The van der Waals surface area contributed by atoms with Crippen LogP contribution in [-0.4, -0.2) is 38.3 Å². The van der Waals surface area contributed by atoms with Gasteiger partial charge >= 0.3 is 0 Å². The molecule has 2 rings (SSSR count). The maximum Gasteiger partial charge on any atom is 0.120 e. The topological polar surface area (TPSA) is 37.6 Å². The number of likely N-dealkylation sites (N-methyl/N-ethyl adjacent to an activating group) is 1. The molecule has 1 saturated carbocycles. The van der Waals surface area contributed by atoms with E-state index in [4.69, 9.17) is 9.15 Å². The van der Waals surface area contributed by atoms with E-state index in [1.165, 1.54) is 18.4 Å². The van der Waals surface area contributed by atoms with Crippen molar-refractivity contribution in [2.75, 3.05) is 27.3 Å². The smallest absolute Gasteiger partial charge is 0.120 e. The van der Waals surface area contributed by atoms with Gasteiger partial charge in [0.15, 0.2) is 0 Å². The van der Waals surface area contributed by atoms with Crippen molar-refractivity contribution >= 4 is 0 Å². The Balaban J connectivity index is 1.82. The number of nitrogens with zero attached hydrogens (tertiary/aromatic N) is 1. The zero-order valence-corrected chi connectivity index (χ0v) is 11.7. The molecule has 1 heterocycles. The van der Waals surface area contributed by atoms with Crippen molar-refractivity contribution in [2.24, 2.45) is 0 Å². The highest BCUT2D eigenvalue weighted by Crippen LogP contribution is 2.21. The number of hydrogen-bond donors (Lipinski definition) is 1. The number of furan rings is 1. The number of ether oxygens (including phenoxy) is 1. The quantitative estimate of drug-likeness (QED) is 0.767. The molecule has 1 N–H and O–H groups in total. The van der Waals surface area contributed by atoms with Crippen molar-refractivity contribution in [3.63, 3.8) is 0 Å². The minimum atomic E-state index is 0.724. The van der Waals surface area contributed by atoms with Gasteiger partial charge in [0.1, 0.15) is 11.5 Å². The predicted molar refractivity (Wildman–Crippen MR) is 71.5 cm³/mol. The van der Waals surface area contributed by atoms with Gasteiger partial charge in [-0.2, -0.15) is 0 Å². The lowest BCUT2D eigenvalue weighted by Gasteiger charge is -2.13. The molecule has 0 bridgehead atoms. The minimum Gasteiger partial charge on any atom is -0.463 e. The summed E-state index contributed by atoms with van der Waals surface area (Å²) in [5.74, 6) is 2.12. The largest absolute Gasteiger partial charge is 0.463 e. The van der Waals surface area contributed by atoms with Gasteiger partial charge in [0.25, 0.3) is 0 Å². The Labute approximate surface area is 109 Å². The fraction of sp³-hybridized carbons (Fsp3) is 0.714. The highest BCUT2D eigenvalue weighted by Gasteiger charge is 2.21. The molecule has 4 nitrogen and oxygen atoms in total. The van der Waals surface area contributed by atoms with Gasteiger partial charge in [-0.3, -0.25) is 4.90 Å². The van der Waals surface area contributed by atoms with Crippen molar-refractivity contribution < 1.29 is 9.15 Å². The normalized spacial score (nSPS) is 15.6. The lowest BCUT2D eigenvalue weighted by molar-refractivity contribution is 0.154. The fourth-order valence-corrected chi connectivity index (χ4v) is 1.96. The van der Waals surface area contributed by atoms with E-state index < -0.39 is 0 Å². The maximum absolute atomic E-state index is 5.90. The van der Waals surface area contributed by atoms with Crippen LogP contribution in [0.4, 0.5) is 0 Å². The van der Waals surface area contributed by atoms with Gasteiger partial charge in [-0.15, -0.1) is 0 Å². The average molecular weight is 252 g/mol. The molecule has 1 aliphatic carbocycles. The first-order valence-electron chi connectivity index (χ1n) is 6.68. The molecule has 0 unspecified atom stereocenters. The Bertz CT molecular complexity index is 372. The van der Waals surface area contributed by atoms with Crippen LogP contribution >= 0.6 is 0 Å². The fourth-order valence-electron chi connectivity index (χ4n) is 1.96. The van der Waals surface area contributed by atoms with E-state index in [-0.39, 0.29) is 0 Å². The Kier molecular flexibility index (Phi) is 4.80. The number of nitrogens with one attached hydrogen (secondary N) is 1. The van der Waals surface area contributed by atoms with Gasteiger partial charge in [-0.25, -0.2) is 0 Å². The Hall–Kier alpha value is -0.840. The highest BCUT2D eigenvalue weighted by molar-refractivity contribution is 5.20. The van der Waals surface area contributed by atoms with Crippen LogP contribution in [0, 0.1) is 6.92 Å². The summed E-state index contributed by atoms with van der Waals surface area (Å²) in [6, 6.07) is 2.87. The summed E-state index contributed by atoms with van der Waals surface area (Å²) in [5.41, 5.74) is 1.25. The van der Waals surface area contributed by atoms with Crippen molar-refractivity contribution in [1.82, 2.24) is 10.2 Å². The van der Waals surface area contributed by atoms with E-state index >= 15 is 0 Å². The molecular weight excluding hydrogens is 228 g/mol. The van der Waals surface area contributed by atoms with E-state index in [2.05, 4.69) is 30.3 Å². The molecule has 18 heavy (non-hydrogen) atoms. The van der Waals surface area contributed by atoms with Crippen LogP contribution in [-0.2, 0) is 17.8 Å². The molecule has 0 radical (unpaired) electrons. The van der Waals surface area contributed by atoms with E-state index in [0.29, 0.717) is 0 Å². The molecule has 4 heteroatoms. The predicted octanol–water partition coefficient (Wildman–Crippen LogP) is 1.92. The first-order chi connectivity index (χ1) is 8.69. The summed E-state index contributed by atoms with van der Waals surface area (Å²) >= 11 is 0. The van der Waals surface area contributed by atoms with Crippen LogP contribution in [0.2, 0.25) is 0 Å². The van der Waals surface area contributed by atoms with E-state index in [0.717, 1.165) is 43.8 Å². The molecule has 1 fully saturated rings. The zero-order chi connectivity index (χ0) is 13.0. The second kappa shape index (κ2) is 6.36. The first-order valence-corrected chi connectivity index (χ1v) is 6.68. The standard InChI is InChI=1S/C14H24N2O2/c1-11-8-13(10-16(2)6-7-17-3)18-14(11)9-15-12-4-5-12/h8,12,15H,4-7,9-10H2,1-3H3. The van der Waals surface area contributed by atoms with Crippen LogP contribution in [0.25, 0.3) is 0 Å². The van der Waals surface area contributed by atoms with Crippen LogP contribution < -0.4 is 5.32 Å². The third-order valence-electron chi connectivity index (χ3n) is 3.30. The highest BCUT2D eigenvalue weighted by atomic mass is 16.5. The van der Waals surface area contributed by atoms with E-state index in [1.54, 1.807) is 7.11 Å². The summed E-state index contributed by atoms with van der Waals surface area (Å²) in [6.45, 7) is 5.50. The molecule has 0 amide bonds. The van der Waals surface area contributed by atoms with Crippen molar-refractivity contribution in [1.29, 1.82) is 0 Å². The second-order valence-electron chi connectivity index (χ2n) is 5.20. The van der Waals surface area contributed by atoms with Gasteiger partial charge in [0, 0.05) is 19.7 Å². The lowest BCUT2D eigenvalue weighted by atomic mass is 10.2. The van der Waals surface area contributed by atoms with E-state index in [9.17, 15) is 0 Å². The lowest BCUT2D eigenvalue weighted by Crippen LogP contribution is -2.22. The molecule has 0 atom stereocenters. The Morgan fingerprint density at radius 2 is 2.28 bits per heavy atom. The van der Waals surface area contributed by atoms with Crippen LogP contribution in [0.1, 0.15) is 29.9 Å². The van der Waals surface area contributed by atoms with Crippen molar-refractivity contribution in [3.05, 3.63) is 23.2 Å². The summed E-state index contributed by atoms with van der Waals surface area (Å²) in [5, 5.41) is 3.49. The number of aryl methyl sites for hydroxylation is 1. The molecule has 0 aromatic carbocycles. The minimum absolute atomic E-state index is 0.724. The first kappa shape index (κ1) is 13.6. The van der Waals surface area contributed by atoms with Gasteiger partial charge in [-0.1, -0.05) is 0 Å². The maximum atomic E-state index is 5.90. The van der Waals surface area contributed by atoms with Gasteiger partial charge in [0.05, 0.1) is 19.7 Å². The third kappa shape index (κ3) is 4.12. The molecular formula is C14H24N2O2. The van der Waals surface area contributed by atoms with Crippen molar-refractivity contribution in [3.8, 4) is 0 Å². The third-order valence-corrected chi connectivity index (χ3v) is 3.30. The number of hydrogen-bond acceptors (Lipinski definition) is 4. The molecule has 1 aromatic heterocycles. The molecule has 1 aromatic rings. The SMILES string of the molecule is COCCN(C)Cc1cc(C)c(CNC2CC2)o1. The van der Waals surface area contributed by atoms with Crippen LogP contribution in [0.3, 0.4) is 0 Å². The number of rotatable bonds is 8. The second-order valence-corrected chi connectivity index (χ2v) is 5.20. The molecule has 0 aliphatic heterocycles. The molecule has 0 spiro atoms. The number of methoxy groups -OCH3 is 1. The summed E-state index contributed by atoms with van der Waals surface area (Å²) in [6.07, 6.45) is 2.62. The van der Waals surface area contributed by atoms with Gasteiger partial charge in [-0.05, 0) is 38.4 Å². The summed E-state index contributed by atoms with van der Waals surface area (Å²) in [7, 11) is 3.81. The zero-order valence-electron chi connectivity index (χ0n) is 11.7. The molecule has 0 saturated heterocycles. The molecule has 1 aliphatic rings. The van der Waals surface area contributed by atoms with E-state index in [1.807, 2.05) is 0 Å². The van der Waals surface area contributed by atoms with Crippen molar-refractivity contribution in [2.45, 2.75) is 38.9 Å². The van der Waals surface area contributed by atoms with Gasteiger partial charge in [0.2, 0.25) is 0 Å². The van der Waals surface area contributed by atoms with Gasteiger partial charge < -0.3 is 14.5 Å². The Morgan fingerprint density at radius 3 is 2.94 bits per heavy atom. The summed E-state index contributed by atoms with van der Waals surface area (Å²) < 4.78 is 11.0. The van der Waals surface area contributed by atoms with Crippen LogP contribution in [0.15, 0.2) is 10.5 Å².